The van der Waals surface area contributed by atoms with Gasteiger partial charge in [-0.15, -0.1) is 0 Å². The van der Waals surface area contributed by atoms with Crippen molar-refractivity contribution < 1.29 is 14.3 Å². The van der Waals surface area contributed by atoms with Gasteiger partial charge in [0.1, 0.15) is 12.4 Å². The zero-order chi connectivity index (χ0) is 14.4. The second kappa shape index (κ2) is 7.10. The van der Waals surface area contributed by atoms with Gasteiger partial charge in [0.25, 0.3) is 0 Å². The maximum absolute atomic E-state index is 11.4. The summed E-state index contributed by atoms with van der Waals surface area (Å²) in [6.45, 7) is 0.469. The summed E-state index contributed by atoms with van der Waals surface area (Å²) in [5.41, 5.74) is 1.89. The number of hydrogen-bond acceptors (Lipinski definition) is 3. The summed E-state index contributed by atoms with van der Waals surface area (Å²) in [5, 5.41) is 0. The van der Waals surface area contributed by atoms with Crippen molar-refractivity contribution in [2.75, 3.05) is 7.11 Å². The smallest absolute Gasteiger partial charge is 0.310 e. The molecule has 2 rings (SSSR count). The molecule has 4 heteroatoms. The Labute approximate surface area is 126 Å². The molecule has 0 aliphatic rings. The summed E-state index contributed by atoms with van der Waals surface area (Å²) >= 11 is 3.40. The molecule has 0 saturated heterocycles. The van der Waals surface area contributed by atoms with Gasteiger partial charge in [0.05, 0.1) is 13.5 Å². The Morgan fingerprint density at radius 1 is 1.15 bits per heavy atom. The largest absolute Gasteiger partial charge is 0.489 e. The maximum atomic E-state index is 11.4. The standard InChI is InChI=1S/C16H15BrO3/c1-19-16(18)10-13-9-14(17)7-8-15(13)20-11-12-5-3-2-4-6-12/h2-9H,10-11H2,1H3. The first kappa shape index (κ1) is 14.6. The van der Waals surface area contributed by atoms with Crippen molar-refractivity contribution >= 4 is 21.9 Å². The predicted octanol–water partition coefficient (Wildman–Crippen LogP) is 3.74. The van der Waals surface area contributed by atoms with Crippen LogP contribution in [0.2, 0.25) is 0 Å². The summed E-state index contributed by atoms with van der Waals surface area (Å²) in [6, 6.07) is 15.5. The highest BCUT2D eigenvalue weighted by molar-refractivity contribution is 9.10. The Hall–Kier alpha value is -1.81. The van der Waals surface area contributed by atoms with Gasteiger partial charge in [-0.05, 0) is 23.8 Å². The average molecular weight is 335 g/mol. The quantitative estimate of drug-likeness (QED) is 0.781. The van der Waals surface area contributed by atoms with E-state index in [2.05, 4.69) is 15.9 Å². The van der Waals surface area contributed by atoms with Crippen LogP contribution in [-0.4, -0.2) is 13.1 Å². The van der Waals surface area contributed by atoms with E-state index in [0.717, 1.165) is 15.6 Å². The van der Waals surface area contributed by atoms with Gasteiger partial charge >= 0.3 is 5.97 Å². The van der Waals surface area contributed by atoms with Crippen LogP contribution in [0.5, 0.6) is 5.75 Å². The highest BCUT2D eigenvalue weighted by atomic mass is 79.9. The molecule has 0 aromatic heterocycles. The van der Waals surface area contributed by atoms with E-state index >= 15 is 0 Å². The third kappa shape index (κ3) is 4.10. The second-order valence-corrected chi connectivity index (χ2v) is 5.19. The molecular formula is C16H15BrO3. The molecule has 0 saturated carbocycles. The zero-order valence-electron chi connectivity index (χ0n) is 11.1. The summed E-state index contributed by atoms with van der Waals surface area (Å²) in [7, 11) is 1.38. The van der Waals surface area contributed by atoms with Crippen LogP contribution in [0.4, 0.5) is 0 Å². The van der Waals surface area contributed by atoms with Crippen molar-refractivity contribution in [3.8, 4) is 5.75 Å². The number of carbonyl (C=O) groups excluding carboxylic acids is 1. The monoisotopic (exact) mass is 334 g/mol. The van der Waals surface area contributed by atoms with Gasteiger partial charge in [-0.25, -0.2) is 0 Å². The molecule has 3 nitrogen and oxygen atoms in total. The highest BCUT2D eigenvalue weighted by Crippen LogP contribution is 2.25. The van der Waals surface area contributed by atoms with E-state index in [1.54, 1.807) is 0 Å². The van der Waals surface area contributed by atoms with Gasteiger partial charge in [0.2, 0.25) is 0 Å². The Kier molecular flexibility index (Phi) is 5.18. The van der Waals surface area contributed by atoms with Crippen LogP contribution in [0.25, 0.3) is 0 Å². The second-order valence-electron chi connectivity index (χ2n) is 4.28. The molecule has 2 aromatic rings. The Balaban J connectivity index is 2.12. The fraction of sp³-hybridized carbons (Fsp3) is 0.188. The normalized spacial score (nSPS) is 10.1. The lowest BCUT2D eigenvalue weighted by Gasteiger charge is -2.11. The zero-order valence-corrected chi connectivity index (χ0v) is 12.7. The van der Waals surface area contributed by atoms with E-state index in [1.807, 2.05) is 48.5 Å². The van der Waals surface area contributed by atoms with Crippen molar-refractivity contribution in [3.05, 3.63) is 64.1 Å². The van der Waals surface area contributed by atoms with Gasteiger partial charge < -0.3 is 9.47 Å². The van der Waals surface area contributed by atoms with Gasteiger partial charge in [-0.2, -0.15) is 0 Å². The fourth-order valence-corrected chi connectivity index (χ4v) is 2.20. The minimum Gasteiger partial charge on any atom is -0.489 e. The number of benzene rings is 2. The summed E-state index contributed by atoms with van der Waals surface area (Å²) < 4.78 is 11.4. The number of esters is 1. The third-order valence-corrected chi connectivity index (χ3v) is 3.32. The van der Waals surface area contributed by atoms with Crippen LogP contribution in [0.3, 0.4) is 0 Å². The predicted molar refractivity (Wildman–Crippen MR) is 80.6 cm³/mol. The molecule has 0 unspecified atom stereocenters. The van der Waals surface area contributed by atoms with Crippen LogP contribution in [0.15, 0.2) is 53.0 Å². The number of rotatable bonds is 5. The van der Waals surface area contributed by atoms with E-state index in [-0.39, 0.29) is 12.4 Å². The van der Waals surface area contributed by atoms with E-state index in [0.29, 0.717) is 12.4 Å². The van der Waals surface area contributed by atoms with Crippen LogP contribution >= 0.6 is 15.9 Å². The van der Waals surface area contributed by atoms with Crippen molar-refractivity contribution in [1.29, 1.82) is 0 Å². The SMILES string of the molecule is COC(=O)Cc1cc(Br)ccc1OCc1ccccc1. The lowest BCUT2D eigenvalue weighted by atomic mass is 10.1. The van der Waals surface area contributed by atoms with Crippen LogP contribution < -0.4 is 4.74 Å². The lowest BCUT2D eigenvalue weighted by Crippen LogP contribution is -2.07. The molecule has 0 atom stereocenters. The Morgan fingerprint density at radius 2 is 1.90 bits per heavy atom. The molecule has 0 aliphatic carbocycles. The first-order valence-corrected chi connectivity index (χ1v) is 7.00. The summed E-state index contributed by atoms with van der Waals surface area (Å²) in [6.07, 6.45) is 0.195. The van der Waals surface area contributed by atoms with E-state index in [1.165, 1.54) is 7.11 Å². The van der Waals surface area contributed by atoms with Crippen molar-refractivity contribution in [2.24, 2.45) is 0 Å². The molecule has 2 aromatic carbocycles. The van der Waals surface area contributed by atoms with Crippen LogP contribution in [0.1, 0.15) is 11.1 Å². The van der Waals surface area contributed by atoms with Crippen molar-refractivity contribution in [1.82, 2.24) is 0 Å². The van der Waals surface area contributed by atoms with Gasteiger partial charge in [0, 0.05) is 10.0 Å². The first-order chi connectivity index (χ1) is 9.69. The molecule has 0 spiro atoms. The minimum atomic E-state index is -0.285. The molecule has 0 bridgehead atoms. The molecule has 0 fully saturated rings. The molecule has 0 amide bonds. The lowest BCUT2D eigenvalue weighted by molar-refractivity contribution is -0.139. The van der Waals surface area contributed by atoms with Crippen molar-refractivity contribution in [2.45, 2.75) is 13.0 Å². The molecule has 0 aliphatic heterocycles. The number of carbonyl (C=O) groups is 1. The minimum absolute atomic E-state index is 0.195. The number of methoxy groups -OCH3 is 1. The maximum Gasteiger partial charge on any atom is 0.310 e. The highest BCUT2D eigenvalue weighted by Gasteiger charge is 2.10. The number of hydrogen-bond donors (Lipinski definition) is 0. The first-order valence-electron chi connectivity index (χ1n) is 6.21. The topological polar surface area (TPSA) is 35.5 Å². The van der Waals surface area contributed by atoms with Gasteiger partial charge in [0.15, 0.2) is 0 Å². The summed E-state index contributed by atoms with van der Waals surface area (Å²) in [4.78, 5) is 11.4. The molecule has 104 valence electrons. The Morgan fingerprint density at radius 3 is 2.60 bits per heavy atom. The number of halogens is 1. The Bertz CT molecular complexity index is 582. The van der Waals surface area contributed by atoms with Crippen LogP contribution in [-0.2, 0) is 22.6 Å². The van der Waals surface area contributed by atoms with E-state index in [4.69, 9.17) is 9.47 Å². The third-order valence-electron chi connectivity index (χ3n) is 2.82. The van der Waals surface area contributed by atoms with Crippen LogP contribution in [0, 0.1) is 0 Å². The fourth-order valence-electron chi connectivity index (χ4n) is 1.79. The molecule has 0 heterocycles. The average Bonchev–Trinajstić information content (AvgIpc) is 2.47. The van der Waals surface area contributed by atoms with Gasteiger partial charge in [-0.1, -0.05) is 46.3 Å². The molecule has 0 N–H and O–H groups in total. The molecule has 0 radical (unpaired) electrons. The van der Waals surface area contributed by atoms with E-state index < -0.39 is 0 Å². The number of ether oxygens (including phenoxy) is 2. The molecule has 20 heavy (non-hydrogen) atoms. The van der Waals surface area contributed by atoms with Gasteiger partial charge in [-0.3, -0.25) is 4.79 Å². The van der Waals surface area contributed by atoms with E-state index in [9.17, 15) is 4.79 Å². The molecular weight excluding hydrogens is 320 g/mol. The van der Waals surface area contributed by atoms with Crippen molar-refractivity contribution in [3.63, 3.8) is 0 Å². The summed E-state index contributed by atoms with van der Waals surface area (Å²) in [5.74, 6) is 0.412.